The number of carbonyl (C=O) groups is 3. The lowest BCUT2D eigenvalue weighted by molar-refractivity contribution is -0.142. The first-order valence-electron chi connectivity index (χ1n) is 18.8. The van der Waals surface area contributed by atoms with Crippen molar-refractivity contribution >= 4 is 52.0 Å². The minimum atomic E-state index is -0.903. The molecule has 8 N–H and O–H groups in total. The quantitative estimate of drug-likeness (QED) is 0.100. The fraction of sp³-hybridized carbons (Fsp3) is 0.333. The molecular weight excluding hydrogens is 732 g/mol. The first kappa shape index (κ1) is 40.0. The van der Waals surface area contributed by atoms with Crippen molar-refractivity contribution in [1.82, 2.24) is 30.8 Å². The maximum absolute atomic E-state index is 14.5. The van der Waals surface area contributed by atoms with Crippen LogP contribution in [-0.4, -0.2) is 70.9 Å². The van der Waals surface area contributed by atoms with E-state index in [0.717, 1.165) is 43.6 Å². The summed E-state index contributed by atoms with van der Waals surface area (Å²) in [5.41, 5.74) is 17.0. The molecule has 0 aliphatic carbocycles. The summed E-state index contributed by atoms with van der Waals surface area (Å²) in [6.45, 7) is 1.35. The van der Waals surface area contributed by atoms with E-state index in [1.165, 1.54) is 16.7 Å². The Morgan fingerprint density at radius 2 is 1.60 bits per heavy atom. The summed E-state index contributed by atoms with van der Waals surface area (Å²) in [6, 6.07) is 23.1. The molecule has 5 aromatic rings. The number of rotatable bonds is 10. The fourth-order valence-corrected chi connectivity index (χ4v) is 8.41. The van der Waals surface area contributed by atoms with E-state index >= 15 is 0 Å². The normalized spacial score (nSPS) is 18.7. The van der Waals surface area contributed by atoms with E-state index in [9.17, 15) is 14.4 Å². The zero-order chi connectivity index (χ0) is 38.7. The van der Waals surface area contributed by atoms with E-state index in [1.54, 1.807) is 13.2 Å². The highest BCUT2D eigenvalue weighted by Crippen LogP contribution is 2.42. The number of halogens is 1. The second-order valence-electron chi connectivity index (χ2n) is 13.8. The molecule has 0 bridgehead atoms. The highest BCUT2D eigenvalue weighted by molar-refractivity contribution is 7.99. The Bertz CT molecular complexity index is 2090. The van der Waals surface area contributed by atoms with Gasteiger partial charge in [-0.15, -0.1) is 0 Å². The zero-order valence-corrected chi connectivity index (χ0v) is 32.6. The number of nitrogens with two attached hydrogens (primary N) is 2. The lowest BCUT2D eigenvalue weighted by Crippen LogP contribution is -2.57. The molecule has 1 aliphatic heterocycles. The number of benzene rings is 3. The number of hydrogen-bond donors (Lipinski definition) is 6. The molecule has 0 saturated heterocycles. The van der Waals surface area contributed by atoms with Gasteiger partial charge in [0.2, 0.25) is 17.7 Å². The second-order valence-corrected chi connectivity index (χ2v) is 15.2. The number of nitrogens with one attached hydrogen (secondary N) is 4. The van der Waals surface area contributed by atoms with Gasteiger partial charge < -0.3 is 37.3 Å². The Kier molecular flexibility index (Phi) is 14.0. The SMILES string of the molecule is CN1C(=O)C(CCCCN)NC(=O)[C@@H](CCCN)NCc2cccnc2Sc2c(ccc(-c3ccccc3)c2Cl)CNC(=O)C1Cc1c[nH]c2ccccc12. The Hall–Kier alpha value is -4.72. The molecule has 11 nitrogen and oxygen atoms in total. The average Bonchev–Trinajstić information content (AvgIpc) is 3.62. The van der Waals surface area contributed by atoms with Gasteiger partial charge in [0.1, 0.15) is 17.1 Å². The predicted octanol–water partition coefficient (Wildman–Crippen LogP) is 5.54. The van der Waals surface area contributed by atoms with Crippen LogP contribution in [0.4, 0.5) is 0 Å². The highest BCUT2D eigenvalue weighted by Gasteiger charge is 2.34. The van der Waals surface area contributed by atoms with E-state index in [4.69, 9.17) is 28.1 Å². The van der Waals surface area contributed by atoms with Gasteiger partial charge in [-0.2, -0.15) is 0 Å². The number of unbranched alkanes of at least 4 members (excludes halogenated alkanes) is 1. The number of H-pyrrole nitrogens is 1. The molecule has 0 fully saturated rings. The number of pyridine rings is 1. The van der Waals surface area contributed by atoms with Crippen molar-refractivity contribution in [1.29, 1.82) is 0 Å². The maximum Gasteiger partial charge on any atom is 0.245 e. The van der Waals surface area contributed by atoms with Crippen LogP contribution >= 0.6 is 23.4 Å². The molecule has 3 atom stereocenters. The minimum Gasteiger partial charge on any atom is -0.361 e. The summed E-state index contributed by atoms with van der Waals surface area (Å²) in [6.07, 6.45) is 6.60. The van der Waals surface area contributed by atoms with E-state index in [0.29, 0.717) is 61.8 Å². The fourth-order valence-electron chi connectivity index (χ4n) is 6.95. The molecule has 0 radical (unpaired) electrons. The van der Waals surface area contributed by atoms with Gasteiger partial charge in [0.15, 0.2) is 0 Å². The number of nitrogens with zero attached hydrogens (tertiary/aromatic N) is 2. The number of amides is 3. The Morgan fingerprint density at radius 3 is 2.40 bits per heavy atom. The van der Waals surface area contributed by atoms with Crippen LogP contribution in [0.3, 0.4) is 0 Å². The molecule has 0 saturated carbocycles. The van der Waals surface area contributed by atoms with Gasteiger partial charge in [0.05, 0.1) is 11.1 Å². The number of aromatic nitrogens is 2. The summed E-state index contributed by atoms with van der Waals surface area (Å²) >= 11 is 8.69. The van der Waals surface area contributed by atoms with Crippen LogP contribution in [0.2, 0.25) is 5.02 Å². The van der Waals surface area contributed by atoms with Crippen molar-refractivity contribution in [2.24, 2.45) is 11.5 Å². The van der Waals surface area contributed by atoms with E-state index in [-0.39, 0.29) is 30.7 Å². The Morgan fingerprint density at radius 1 is 0.836 bits per heavy atom. The monoisotopic (exact) mass is 780 g/mol. The Labute approximate surface area is 331 Å². The molecule has 6 rings (SSSR count). The predicted molar refractivity (Wildman–Crippen MR) is 219 cm³/mol. The molecular formula is C42H49ClN8O3S. The van der Waals surface area contributed by atoms with Gasteiger partial charge in [0.25, 0.3) is 0 Å². The van der Waals surface area contributed by atoms with Crippen molar-refractivity contribution in [2.45, 2.75) is 79.7 Å². The van der Waals surface area contributed by atoms with Crippen molar-refractivity contribution in [3.63, 3.8) is 0 Å². The minimum absolute atomic E-state index is 0.153. The largest absolute Gasteiger partial charge is 0.361 e. The average molecular weight is 781 g/mol. The van der Waals surface area contributed by atoms with Crippen LogP contribution in [0, 0.1) is 0 Å². The molecule has 1 aliphatic rings. The standard InChI is InChI=1S/C42H49ClN8O3S/c1-51-36(23-30-26-47-33-15-6-5-14-31(30)33)40(53)49-24-28-18-19-32(27-11-3-2-4-12-27)37(43)38(28)55-41-29(13-10-22-46-41)25-48-34(17-9-21-45)39(52)50-35(42(51)54)16-7-8-20-44/h2-6,10-15,18-19,22,26,34-36,47-48H,7-9,16-17,20-21,23-25,44-45H2,1H3,(H,49,53)(H,50,52)/t34-,35?,36?/m1/s1. The van der Waals surface area contributed by atoms with Gasteiger partial charge in [-0.3, -0.25) is 14.4 Å². The maximum atomic E-state index is 14.5. The van der Waals surface area contributed by atoms with Crippen molar-refractivity contribution < 1.29 is 14.4 Å². The third-order valence-electron chi connectivity index (χ3n) is 10.1. The van der Waals surface area contributed by atoms with Gasteiger partial charge in [-0.25, -0.2) is 4.98 Å². The van der Waals surface area contributed by atoms with Crippen LogP contribution in [0.1, 0.15) is 48.8 Å². The molecule has 3 amide bonds. The number of para-hydroxylation sites is 1. The summed E-state index contributed by atoms with van der Waals surface area (Å²) in [5, 5.41) is 11.9. The van der Waals surface area contributed by atoms with E-state index in [1.807, 2.05) is 85.1 Å². The van der Waals surface area contributed by atoms with Gasteiger partial charge >= 0.3 is 0 Å². The summed E-state index contributed by atoms with van der Waals surface area (Å²) in [5.74, 6) is -1.00. The van der Waals surface area contributed by atoms with Crippen molar-refractivity contribution in [3.8, 4) is 11.1 Å². The number of hydrogen-bond acceptors (Lipinski definition) is 8. The molecule has 0 spiro atoms. The summed E-state index contributed by atoms with van der Waals surface area (Å²) in [7, 11) is 1.64. The summed E-state index contributed by atoms with van der Waals surface area (Å²) in [4.78, 5) is 53.3. The topological polar surface area (TPSA) is 171 Å². The van der Waals surface area contributed by atoms with Crippen LogP contribution < -0.4 is 27.4 Å². The van der Waals surface area contributed by atoms with Gasteiger partial charge in [-0.1, -0.05) is 90.1 Å². The third kappa shape index (κ3) is 9.75. The molecule has 288 valence electrons. The van der Waals surface area contributed by atoms with Crippen LogP contribution in [0.5, 0.6) is 0 Å². The van der Waals surface area contributed by atoms with Gasteiger partial charge in [-0.05, 0) is 79.6 Å². The number of carbonyl (C=O) groups excluding carboxylic acids is 3. The number of likely N-dealkylation sites (N-methyl/N-ethyl adjacent to an activating group) is 1. The molecule has 3 heterocycles. The highest BCUT2D eigenvalue weighted by atomic mass is 35.5. The van der Waals surface area contributed by atoms with Gasteiger partial charge in [0, 0.05) is 60.3 Å². The smallest absolute Gasteiger partial charge is 0.245 e. The zero-order valence-electron chi connectivity index (χ0n) is 31.0. The number of aromatic amines is 1. The molecule has 2 unspecified atom stereocenters. The number of fused-ring (bicyclic) bond motifs is 3. The lowest BCUT2D eigenvalue weighted by atomic mass is 10.0. The van der Waals surface area contributed by atoms with Crippen molar-refractivity contribution in [3.05, 3.63) is 113 Å². The lowest BCUT2D eigenvalue weighted by Gasteiger charge is -2.32. The first-order valence-corrected chi connectivity index (χ1v) is 20.0. The van der Waals surface area contributed by atoms with Crippen molar-refractivity contribution in [2.75, 3.05) is 20.1 Å². The second kappa shape index (κ2) is 19.2. The summed E-state index contributed by atoms with van der Waals surface area (Å²) < 4.78 is 0. The van der Waals surface area contributed by atoms with Crippen LogP contribution in [0.15, 0.2) is 101 Å². The molecule has 55 heavy (non-hydrogen) atoms. The van der Waals surface area contributed by atoms with E-state index < -0.39 is 18.1 Å². The first-order chi connectivity index (χ1) is 26.8. The Balaban J connectivity index is 1.44. The molecule has 2 aromatic heterocycles. The third-order valence-corrected chi connectivity index (χ3v) is 11.8. The van der Waals surface area contributed by atoms with Crippen LogP contribution in [-0.2, 0) is 33.9 Å². The van der Waals surface area contributed by atoms with Crippen LogP contribution in [0.25, 0.3) is 22.0 Å². The van der Waals surface area contributed by atoms with E-state index in [2.05, 4.69) is 20.9 Å². The molecule has 13 heteroatoms. The molecule has 3 aromatic carbocycles.